The molecule has 1 rings (SSSR count). The number of hydrogen-bond donors (Lipinski definition) is 2. The van der Waals surface area contributed by atoms with Crippen molar-refractivity contribution in [2.75, 3.05) is 7.11 Å². The van der Waals surface area contributed by atoms with E-state index in [4.69, 9.17) is 10.00 Å². The zero-order valence-corrected chi connectivity index (χ0v) is 10.4. The number of hydrogen-bond acceptors (Lipinski definition) is 7. The molecule has 1 aromatic heterocycles. The van der Waals surface area contributed by atoms with Crippen LogP contribution in [0.3, 0.4) is 0 Å². The Hall–Kier alpha value is -2.24. The first-order valence-corrected chi connectivity index (χ1v) is 5.35. The van der Waals surface area contributed by atoms with Gasteiger partial charge >= 0.3 is 5.69 Å². The van der Waals surface area contributed by atoms with E-state index in [0.29, 0.717) is 0 Å². The molecular weight excluding hydrogens is 254 g/mol. The van der Waals surface area contributed by atoms with Gasteiger partial charge in [0.15, 0.2) is 0 Å². The van der Waals surface area contributed by atoms with Gasteiger partial charge in [0, 0.05) is 17.3 Å². The standard InChI is InChI=1S/C11H13N3O5/c1-6-7(10(16)8(15)3-4-12)5-13-11(19-2)9(6)14(17)18/h5,8,10,15-16H,3H2,1-2H3. The van der Waals surface area contributed by atoms with E-state index in [1.165, 1.54) is 20.2 Å². The zero-order valence-electron chi connectivity index (χ0n) is 10.4. The van der Waals surface area contributed by atoms with E-state index in [9.17, 15) is 20.3 Å². The Labute approximate surface area is 109 Å². The minimum absolute atomic E-state index is 0.0928. The topological polar surface area (TPSA) is 130 Å². The maximum absolute atomic E-state index is 11.0. The average molecular weight is 267 g/mol. The van der Waals surface area contributed by atoms with Gasteiger partial charge in [-0.3, -0.25) is 10.1 Å². The van der Waals surface area contributed by atoms with E-state index >= 15 is 0 Å². The third-order valence-electron chi connectivity index (χ3n) is 2.67. The molecule has 1 heterocycles. The van der Waals surface area contributed by atoms with Crippen molar-refractivity contribution in [1.82, 2.24) is 4.98 Å². The van der Waals surface area contributed by atoms with Crippen molar-refractivity contribution < 1.29 is 19.9 Å². The van der Waals surface area contributed by atoms with E-state index in [2.05, 4.69) is 4.98 Å². The number of nitrogens with zero attached hydrogens (tertiary/aromatic N) is 3. The van der Waals surface area contributed by atoms with Crippen LogP contribution in [-0.4, -0.2) is 33.3 Å². The summed E-state index contributed by atoms with van der Waals surface area (Å²) in [7, 11) is 1.25. The molecule has 0 aliphatic rings. The van der Waals surface area contributed by atoms with Crippen LogP contribution in [0.4, 0.5) is 5.69 Å². The Balaban J connectivity index is 3.28. The third kappa shape index (κ3) is 2.96. The number of aliphatic hydroxyl groups excluding tert-OH is 2. The Morgan fingerprint density at radius 2 is 2.26 bits per heavy atom. The van der Waals surface area contributed by atoms with E-state index in [1.807, 2.05) is 0 Å². The van der Waals surface area contributed by atoms with Crippen LogP contribution >= 0.6 is 0 Å². The van der Waals surface area contributed by atoms with Crippen molar-refractivity contribution in [2.24, 2.45) is 0 Å². The largest absolute Gasteiger partial charge is 0.476 e. The monoisotopic (exact) mass is 267 g/mol. The summed E-state index contributed by atoms with van der Waals surface area (Å²) in [5.41, 5.74) is -0.139. The summed E-state index contributed by atoms with van der Waals surface area (Å²) in [4.78, 5) is 14.0. The van der Waals surface area contributed by atoms with Gasteiger partial charge in [-0.2, -0.15) is 5.26 Å². The molecule has 0 radical (unpaired) electrons. The Kier molecular flexibility index (Phi) is 4.74. The van der Waals surface area contributed by atoms with E-state index in [-0.39, 0.29) is 29.1 Å². The minimum atomic E-state index is -1.42. The fourth-order valence-electron chi connectivity index (χ4n) is 1.66. The first kappa shape index (κ1) is 14.8. The number of aromatic nitrogens is 1. The fraction of sp³-hybridized carbons (Fsp3) is 0.455. The summed E-state index contributed by atoms with van der Waals surface area (Å²) in [5, 5.41) is 38.8. The predicted octanol–water partition coefficient (Wildman–Crippen LogP) is 0.615. The predicted molar refractivity (Wildman–Crippen MR) is 63.4 cm³/mol. The lowest BCUT2D eigenvalue weighted by atomic mass is 9.99. The van der Waals surface area contributed by atoms with Crippen LogP contribution < -0.4 is 4.74 Å². The molecule has 2 unspecified atom stereocenters. The van der Waals surface area contributed by atoms with Gasteiger partial charge in [-0.15, -0.1) is 0 Å². The Bertz CT molecular complexity index is 526. The molecule has 8 nitrogen and oxygen atoms in total. The van der Waals surface area contributed by atoms with Crippen LogP contribution in [0.5, 0.6) is 5.88 Å². The molecular formula is C11H13N3O5. The number of pyridine rings is 1. The summed E-state index contributed by atoms with van der Waals surface area (Å²) >= 11 is 0. The Morgan fingerprint density at radius 1 is 1.63 bits per heavy atom. The summed E-state index contributed by atoms with van der Waals surface area (Å²) < 4.78 is 4.78. The summed E-state index contributed by atoms with van der Waals surface area (Å²) in [6.45, 7) is 1.42. The first-order chi connectivity index (χ1) is 8.93. The van der Waals surface area contributed by atoms with E-state index < -0.39 is 17.1 Å². The molecule has 1 aromatic rings. The van der Waals surface area contributed by atoms with E-state index in [0.717, 1.165) is 0 Å². The second-order valence-electron chi connectivity index (χ2n) is 3.83. The van der Waals surface area contributed by atoms with Crippen molar-refractivity contribution in [3.05, 3.63) is 27.4 Å². The zero-order chi connectivity index (χ0) is 14.6. The maximum Gasteiger partial charge on any atom is 0.334 e. The summed E-state index contributed by atoms with van der Waals surface area (Å²) in [6.07, 6.45) is -1.86. The van der Waals surface area contributed by atoms with Gasteiger partial charge in [0.2, 0.25) is 0 Å². The summed E-state index contributed by atoms with van der Waals surface area (Å²) in [5.74, 6) is -0.173. The molecule has 102 valence electrons. The van der Waals surface area contributed by atoms with Crippen LogP contribution in [0, 0.1) is 28.4 Å². The molecule has 2 atom stereocenters. The number of ether oxygens (including phenoxy) is 1. The lowest BCUT2D eigenvalue weighted by Crippen LogP contribution is -2.19. The van der Waals surface area contributed by atoms with Crippen molar-refractivity contribution in [1.29, 1.82) is 5.26 Å². The molecule has 0 bridgehead atoms. The highest BCUT2D eigenvalue weighted by atomic mass is 16.6. The van der Waals surface area contributed by atoms with Crippen LogP contribution in [0.2, 0.25) is 0 Å². The highest BCUT2D eigenvalue weighted by Gasteiger charge is 2.28. The molecule has 19 heavy (non-hydrogen) atoms. The molecule has 8 heteroatoms. The molecule has 0 saturated heterocycles. The van der Waals surface area contributed by atoms with Gasteiger partial charge in [-0.1, -0.05) is 0 Å². The lowest BCUT2D eigenvalue weighted by molar-refractivity contribution is -0.386. The van der Waals surface area contributed by atoms with Crippen molar-refractivity contribution in [2.45, 2.75) is 25.6 Å². The number of nitriles is 1. The molecule has 0 saturated carbocycles. The quantitative estimate of drug-likeness (QED) is 0.590. The van der Waals surface area contributed by atoms with E-state index in [1.54, 1.807) is 6.07 Å². The van der Waals surface area contributed by atoms with Crippen molar-refractivity contribution in [3.63, 3.8) is 0 Å². The molecule has 0 aliphatic carbocycles. The normalized spacial score (nSPS) is 13.4. The first-order valence-electron chi connectivity index (χ1n) is 5.35. The van der Waals surface area contributed by atoms with Crippen LogP contribution in [0.25, 0.3) is 0 Å². The van der Waals surface area contributed by atoms with Crippen molar-refractivity contribution in [3.8, 4) is 11.9 Å². The van der Waals surface area contributed by atoms with Crippen LogP contribution in [-0.2, 0) is 0 Å². The number of aliphatic hydroxyl groups is 2. The van der Waals surface area contributed by atoms with Gasteiger partial charge in [0.05, 0.1) is 30.6 Å². The molecule has 0 amide bonds. The lowest BCUT2D eigenvalue weighted by Gasteiger charge is -2.17. The highest BCUT2D eigenvalue weighted by Crippen LogP contribution is 2.33. The number of methoxy groups -OCH3 is 1. The average Bonchev–Trinajstić information content (AvgIpc) is 2.37. The molecule has 0 aromatic carbocycles. The maximum atomic E-state index is 11.0. The van der Waals surface area contributed by atoms with Crippen molar-refractivity contribution >= 4 is 5.69 Å². The van der Waals surface area contributed by atoms with Gasteiger partial charge in [-0.25, -0.2) is 4.98 Å². The molecule has 0 aliphatic heterocycles. The number of nitro groups is 1. The minimum Gasteiger partial charge on any atom is -0.476 e. The van der Waals surface area contributed by atoms with Crippen LogP contribution in [0.15, 0.2) is 6.20 Å². The SMILES string of the molecule is COc1ncc(C(O)C(O)CC#N)c(C)c1[N+](=O)[O-]. The second kappa shape index (κ2) is 6.08. The molecule has 0 fully saturated rings. The van der Waals surface area contributed by atoms with Crippen LogP contribution in [0.1, 0.15) is 23.7 Å². The van der Waals surface area contributed by atoms with Gasteiger partial charge in [-0.05, 0) is 6.92 Å². The molecule has 2 N–H and O–H groups in total. The van der Waals surface area contributed by atoms with Gasteiger partial charge in [0.1, 0.15) is 6.10 Å². The fourth-order valence-corrected chi connectivity index (χ4v) is 1.66. The second-order valence-corrected chi connectivity index (χ2v) is 3.83. The Morgan fingerprint density at radius 3 is 2.74 bits per heavy atom. The highest BCUT2D eigenvalue weighted by molar-refractivity contribution is 5.51. The van der Waals surface area contributed by atoms with Gasteiger partial charge < -0.3 is 14.9 Å². The number of rotatable bonds is 5. The summed E-state index contributed by atoms with van der Waals surface area (Å²) in [6, 6.07) is 1.71. The smallest absolute Gasteiger partial charge is 0.334 e. The molecule has 0 spiro atoms. The van der Waals surface area contributed by atoms with Gasteiger partial charge in [0.25, 0.3) is 5.88 Å². The third-order valence-corrected chi connectivity index (χ3v) is 2.67.